The maximum Gasteiger partial charge on any atom is 0.349 e. The molecule has 0 spiro atoms. The molecule has 0 fully saturated rings. The standard InChI is InChI=1S/C19H14N2O3S/c1-11(17-20-14-8-4-3-7-13(14)18(22)21-17)24-19(23)16-10-12-6-2-5-9-15(12)25-16/h2-11H,1H3,(H,20,21,22)/t11-/m0/s1. The highest BCUT2D eigenvalue weighted by Gasteiger charge is 2.18. The summed E-state index contributed by atoms with van der Waals surface area (Å²) in [6.07, 6.45) is -0.657. The van der Waals surface area contributed by atoms with E-state index in [2.05, 4.69) is 9.97 Å². The van der Waals surface area contributed by atoms with Crippen LogP contribution in [0.1, 0.15) is 28.5 Å². The Morgan fingerprint density at radius 2 is 1.92 bits per heavy atom. The number of benzene rings is 2. The highest BCUT2D eigenvalue weighted by Crippen LogP contribution is 2.27. The van der Waals surface area contributed by atoms with Gasteiger partial charge in [-0.2, -0.15) is 0 Å². The predicted molar refractivity (Wildman–Crippen MR) is 98.0 cm³/mol. The SMILES string of the molecule is C[C@H](OC(=O)c1cc2ccccc2s1)c1nc2ccccc2c(=O)[nH]1. The minimum absolute atomic E-state index is 0.245. The molecule has 0 aliphatic rings. The number of aromatic nitrogens is 2. The number of para-hydroxylation sites is 1. The summed E-state index contributed by atoms with van der Waals surface area (Å²) in [5.41, 5.74) is 0.330. The predicted octanol–water partition coefficient (Wildman–Crippen LogP) is 4.06. The monoisotopic (exact) mass is 350 g/mol. The quantitative estimate of drug-likeness (QED) is 0.566. The van der Waals surface area contributed by atoms with Gasteiger partial charge in [0.1, 0.15) is 4.88 Å². The summed E-state index contributed by atoms with van der Waals surface area (Å²) in [5, 5.41) is 1.51. The number of nitrogens with zero attached hydrogens (tertiary/aromatic N) is 1. The van der Waals surface area contributed by atoms with Crippen LogP contribution in [0.5, 0.6) is 0 Å². The molecule has 5 nitrogen and oxygen atoms in total. The van der Waals surface area contributed by atoms with Gasteiger partial charge < -0.3 is 9.72 Å². The molecule has 0 saturated carbocycles. The molecule has 2 heterocycles. The summed E-state index contributed by atoms with van der Waals surface area (Å²) in [7, 11) is 0. The molecule has 1 atom stereocenters. The van der Waals surface area contributed by atoms with E-state index in [1.807, 2.05) is 36.4 Å². The van der Waals surface area contributed by atoms with Gasteiger partial charge in [-0.25, -0.2) is 9.78 Å². The molecule has 0 aliphatic carbocycles. The number of fused-ring (bicyclic) bond motifs is 2. The first-order valence-corrected chi connectivity index (χ1v) is 8.62. The van der Waals surface area contributed by atoms with Crippen molar-refractivity contribution in [2.75, 3.05) is 0 Å². The van der Waals surface area contributed by atoms with Crippen LogP contribution >= 0.6 is 11.3 Å². The highest BCUT2D eigenvalue weighted by molar-refractivity contribution is 7.20. The van der Waals surface area contributed by atoms with Gasteiger partial charge in [0, 0.05) is 4.70 Å². The maximum atomic E-state index is 12.4. The van der Waals surface area contributed by atoms with Crippen LogP contribution in [0.3, 0.4) is 0 Å². The van der Waals surface area contributed by atoms with Crippen LogP contribution < -0.4 is 5.56 Å². The molecule has 0 unspecified atom stereocenters. The number of ether oxygens (including phenoxy) is 1. The fourth-order valence-electron chi connectivity index (χ4n) is 2.65. The second-order valence-electron chi connectivity index (χ2n) is 5.66. The lowest BCUT2D eigenvalue weighted by Crippen LogP contribution is -2.17. The number of hydrogen-bond acceptors (Lipinski definition) is 5. The smallest absolute Gasteiger partial charge is 0.349 e. The lowest BCUT2D eigenvalue weighted by atomic mass is 10.2. The van der Waals surface area contributed by atoms with Gasteiger partial charge >= 0.3 is 5.97 Å². The van der Waals surface area contributed by atoms with E-state index in [0.29, 0.717) is 21.6 Å². The highest BCUT2D eigenvalue weighted by atomic mass is 32.1. The van der Waals surface area contributed by atoms with Gasteiger partial charge in [0.15, 0.2) is 11.9 Å². The Morgan fingerprint density at radius 3 is 2.76 bits per heavy atom. The van der Waals surface area contributed by atoms with Crippen LogP contribution in [-0.4, -0.2) is 15.9 Å². The van der Waals surface area contributed by atoms with Gasteiger partial charge in [0.25, 0.3) is 5.56 Å². The van der Waals surface area contributed by atoms with Crippen molar-refractivity contribution in [2.24, 2.45) is 0 Å². The van der Waals surface area contributed by atoms with Crippen molar-refractivity contribution in [1.29, 1.82) is 0 Å². The largest absolute Gasteiger partial charge is 0.450 e. The number of carbonyl (C=O) groups is 1. The van der Waals surface area contributed by atoms with Crippen LogP contribution in [0.2, 0.25) is 0 Å². The summed E-state index contributed by atoms with van der Waals surface area (Å²) in [6, 6.07) is 16.6. The summed E-state index contributed by atoms with van der Waals surface area (Å²) in [6.45, 7) is 1.69. The van der Waals surface area contributed by atoms with Gasteiger partial charge in [0.05, 0.1) is 10.9 Å². The van der Waals surface area contributed by atoms with Gasteiger partial charge in [-0.05, 0) is 36.6 Å². The zero-order valence-electron chi connectivity index (χ0n) is 13.4. The number of esters is 1. The summed E-state index contributed by atoms with van der Waals surface area (Å²) < 4.78 is 6.52. The van der Waals surface area contributed by atoms with Gasteiger partial charge in [-0.3, -0.25) is 4.79 Å². The van der Waals surface area contributed by atoms with E-state index in [1.165, 1.54) is 11.3 Å². The molecule has 4 rings (SSSR count). The Hall–Kier alpha value is -2.99. The van der Waals surface area contributed by atoms with Crippen molar-refractivity contribution in [3.63, 3.8) is 0 Å². The van der Waals surface area contributed by atoms with Crippen molar-refractivity contribution in [3.05, 3.63) is 75.7 Å². The van der Waals surface area contributed by atoms with E-state index in [-0.39, 0.29) is 5.56 Å². The fourth-order valence-corrected chi connectivity index (χ4v) is 3.60. The molecule has 25 heavy (non-hydrogen) atoms. The summed E-state index contributed by atoms with van der Waals surface area (Å²) >= 11 is 1.38. The molecule has 0 saturated heterocycles. The molecular weight excluding hydrogens is 336 g/mol. The van der Waals surface area contributed by atoms with Gasteiger partial charge in [0.2, 0.25) is 0 Å². The first kappa shape index (κ1) is 15.5. The van der Waals surface area contributed by atoms with E-state index < -0.39 is 12.1 Å². The third-order valence-electron chi connectivity index (χ3n) is 3.93. The third kappa shape index (κ3) is 2.92. The molecule has 0 amide bonds. The van der Waals surface area contributed by atoms with Crippen LogP contribution in [0.25, 0.3) is 21.0 Å². The fraction of sp³-hybridized carbons (Fsp3) is 0.105. The Balaban J connectivity index is 1.62. The summed E-state index contributed by atoms with van der Waals surface area (Å²) in [5.74, 6) is -0.0948. The Kier molecular flexibility index (Phi) is 3.82. The maximum absolute atomic E-state index is 12.4. The van der Waals surface area contributed by atoms with Crippen molar-refractivity contribution >= 4 is 38.3 Å². The number of H-pyrrole nitrogens is 1. The number of rotatable bonds is 3. The average Bonchev–Trinajstić information content (AvgIpc) is 3.06. The lowest BCUT2D eigenvalue weighted by molar-refractivity contribution is 0.0326. The second kappa shape index (κ2) is 6.14. The van der Waals surface area contributed by atoms with Crippen molar-refractivity contribution in [1.82, 2.24) is 9.97 Å². The molecular formula is C19H14N2O3S. The number of hydrogen-bond donors (Lipinski definition) is 1. The number of nitrogens with one attached hydrogen (secondary N) is 1. The lowest BCUT2D eigenvalue weighted by Gasteiger charge is -2.12. The van der Waals surface area contributed by atoms with Crippen molar-refractivity contribution < 1.29 is 9.53 Å². The molecule has 2 aromatic heterocycles. The van der Waals surface area contributed by atoms with Crippen molar-refractivity contribution in [2.45, 2.75) is 13.0 Å². The zero-order valence-corrected chi connectivity index (χ0v) is 14.2. The molecule has 124 valence electrons. The second-order valence-corrected chi connectivity index (χ2v) is 6.75. The van der Waals surface area contributed by atoms with Crippen molar-refractivity contribution in [3.8, 4) is 0 Å². The van der Waals surface area contributed by atoms with E-state index in [4.69, 9.17) is 4.74 Å². The average molecular weight is 350 g/mol. The first-order chi connectivity index (χ1) is 12.1. The zero-order chi connectivity index (χ0) is 17.4. The van der Waals surface area contributed by atoms with E-state index in [1.54, 1.807) is 25.1 Å². The van der Waals surface area contributed by atoms with Crippen LogP contribution in [0.15, 0.2) is 59.4 Å². The first-order valence-electron chi connectivity index (χ1n) is 7.80. The minimum atomic E-state index is -0.657. The Labute approximate surface area is 146 Å². The number of aromatic amines is 1. The minimum Gasteiger partial charge on any atom is -0.450 e. The van der Waals surface area contributed by atoms with E-state index in [0.717, 1.165) is 10.1 Å². The summed E-state index contributed by atoms with van der Waals surface area (Å²) in [4.78, 5) is 32.2. The molecule has 2 aromatic carbocycles. The van der Waals surface area contributed by atoms with E-state index in [9.17, 15) is 9.59 Å². The number of carbonyl (C=O) groups excluding carboxylic acids is 1. The Bertz CT molecular complexity index is 1110. The van der Waals surface area contributed by atoms with Crippen LogP contribution in [-0.2, 0) is 4.74 Å². The van der Waals surface area contributed by atoms with Gasteiger partial charge in [-0.15, -0.1) is 11.3 Å². The third-order valence-corrected chi connectivity index (χ3v) is 5.02. The molecule has 4 aromatic rings. The topological polar surface area (TPSA) is 72.0 Å². The molecule has 1 N–H and O–H groups in total. The van der Waals surface area contributed by atoms with Crippen LogP contribution in [0, 0.1) is 0 Å². The normalized spacial score (nSPS) is 12.4. The molecule has 0 aliphatic heterocycles. The molecule has 6 heteroatoms. The number of thiophene rings is 1. The molecule has 0 radical (unpaired) electrons. The molecule has 0 bridgehead atoms. The van der Waals surface area contributed by atoms with Crippen LogP contribution in [0.4, 0.5) is 0 Å². The van der Waals surface area contributed by atoms with E-state index >= 15 is 0 Å². The van der Waals surface area contributed by atoms with Gasteiger partial charge in [-0.1, -0.05) is 30.3 Å². The Morgan fingerprint density at radius 1 is 1.16 bits per heavy atom.